The molecular formula is C11H15NO. The summed E-state index contributed by atoms with van der Waals surface area (Å²) >= 11 is 0. The lowest BCUT2D eigenvalue weighted by Crippen LogP contribution is -2.09. The number of aryl methyl sites for hydroxylation is 1. The first-order valence-electron chi connectivity index (χ1n) is 4.85. The lowest BCUT2D eigenvalue weighted by atomic mass is 9.87. The van der Waals surface area contributed by atoms with E-state index in [-0.39, 0.29) is 0 Å². The van der Waals surface area contributed by atoms with Crippen molar-refractivity contribution in [3.63, 3.8) is 0 Å². The van der Waals surface area contributed by atoms with E-state index in [9.17, 15) is 0 Å². The second-order valence-electron chi connectivity index (χ2n) is 3.68. The molecule has 2 heteroatoms. The van der Waals surface area contributed by atoms with Gasteiger partial charge in [0.15, 0.2) is 0 Å². The molecule has 13 heavy (non-hydrogen) atoms. The molecule has 0 saturated carbocycles. The van der Waals surface area contributed by atoms with Crippen LogP contribution in [0.1, 0.15) is 36.9 Å². The molecule has 0 amide bonds. The zero-order valence-electron chi connectivity index (χ0n) is 8.21. The Kier molecular flexibility index (Phi) is 2.21. The average molecular weight is 177 g/mol. The Morgan fingerprint density at radius 3 is 3.08 bits per heavy atom. The highest BCUT2D eigenvalue weighted by Crippen LogP contribution is 2.30. The van der Waals surface area contributed by atoms with Gasteiger partial charge in [0.2, 0.25) is 5.88 Å². The summed E-state index contributed by atoms with van der Waals surface area (Å²) < 4.78 is 5.10. The van der Waals surface area contributed by atoms with Gasteiger partial charge in [0.05, 0.1) is 7.11 Å². The Morgan fingerprint density at radius 2 is 2.31 bits per heavy atom. The molecule has 1 aromatic rings. The van der Waals surface area contributed by atoms with Crippen molar-refractivity contribution in [2.45, 2.75) is 32.1 Å². The van der Waals surface area contributed by atoms with Gasteiger partial charge in [-0.25, -0.2) is 4.98 Å². The number of methoxy groups -OCH3 is 1. The molecule has 1 aliphatic rings. The maximum atomic E-state index is 5.10. The van der Waals surface area contributed by atoms with E-state index in [0.29, 0.717) is 5.92 Å². The number of fused-ring (bicyclic) bond motifs is 1. The molecule has 0 saturated heterocycles. The van der Waals surface area contributed by atoms with Crippen LogP contribution in [-0.2, 0) is 6.42 Å². The van der Waals surface area contributed by atoms with Gasteiger partial charge in [-0.3, -0.25) is 0 Å². The molecule has 0 aliphatic heterocycles. The molecule has 1 atom stereocenters. The van der Waals surface area contributed by atoms with Crippen molar-refractivity contribution in [2.75, 3.05) is 7.11 Å². The standard InChI is InChI=1S/C11H15NO/c1-8-4-3-5-10-9(8)6-7-11(12-10)13-2/h6-8H,3-5H2,1-2H3/t8-/m1/s1. The summed E-state index contributed by atoms with van der Waals surface area (Å²) in [7, 11) is 1.67. The number of hydrogen-bond donors (Lipinski definition) is 0. The molecule has 2 rings (SSSR count). The summed E-state index contributed by atoms with van der Waals surface area (Å²) in [4.78, 5) is 4.46. The van der Waals surface area contributed by atoms with Crippen LogP contribution < -0.4 is 4.74 Å². The van der Waals surface area contributed by atoms with Crippen LogP contribution in [0.3, 0.4) is 0 Å². The van der Waals surface area contributed by atoms with Crippen molar-refractivity contribution in [1.29, 1.82) is 0 Å². The zero-order chi connectivity index (χ0) is 9.26. The van der Waals surface area contributed by atoms with Crippen molar-refractivity contribution in [1.82, 2.24) is 4.98 Å². The number of ether oxygens (including phenoxy) is 1. The molecule has 1 aromatic heterocycles. The molecule has 0 aromatic carbocycles. The molecule has 70 valence electrons. The Labute approximate surface area is 78.9 Å². The Hall–Kier alpha value is -1.05. The monoisotopic (exact) mass is 177 g/mol. The maximum Gasteiger partial charge on any atom is 0.213 e. The number of hydrogen-bond acceptors (Lipinski definition) is 2. The van der Waals surface area contributed by atoms with Crippen LogP contribution in [0.25, 0.3) is 0 Å². The third kappa shape index (κ3) is 1.53. The van der Waals surface area contributed by atoms with Gasteiger partial charge in [-0.2, -0.15) is 0 Å². The van der Waals surface area contributed by atoms with Gasteiger partial charge in [0.25, 0.3) is 0 Å². The second kappa shape index (κ2) is 3.36. The van der Waals surface area contributed by atoms with E-state index in [1.807, 2.05) is 6.07 Å². The third-order valence-electron chi connectivity index (χ3n) is 2.77. The van der Waals surface area contributed by atoms with E-state index in [0.717, 1.165) is 12.3 Å². The summed E-state index contributed by atoms with van der Waals surface area (Å²) in [5, 5.41) is 0. The van der Waals surface area contributed by atoms with Crippen molar-refractivity contribution in [3.8, 4) is 5.88 Å². The quantitative estimate of drug-likeness (QED) is 0.657. The van der Waals surface area contributed by atoms with E-state index in [4.69, 9.17) is 4.74 Å². The Morgan fingerprint density at radius 1 is 1.46 bits per heavy atom. The van der Waals surface area contributed by atoms with Gasteiger partial charge < -0.3 is 4.74 Å². The minimum atomic E-state index is 0.669. The SMILES string of the molecule is COc1ccc2c(n1)CCC[C@H]2C. The van der Waals surface area contributed by atoms with Crippen LogP contribution >= 0.6 is 0 Å². The predicted octanol–water partition coefficient (Wildman–Crippen LogP) is 2.53. The van der Waals surface area contributed by atoms with Crippen molar-refractivity contribution < 1.29 is 4.74 Å². The smallest absolute Gasteiger partial charge is 0.213 e. The lowest BCUT2D eigenvalue weighted by Gasteiger charge is -2.21. The molecule has 2 nitrogen and oxygen atoms in total. The Bertz CT molecular complexity index is 309. The fourth-order valence-electron chi connectivity index (χ4n) is 1.99. The first-order chi connectivity index (χ1) is 6.31. The van der Waals surface area contributed by atoms with E-state index in [1.165, 1.54) is 24.1 Å². The van der Waals surface area contributed by atoms with Crippen LogP contribution in [0, 0.1) is 0 Å². The lowest BCUT2D eigenvalue weighted by molar-refractivity contribution is 0.394. The first kappa shape index (κ1) is 8.54. The van der Waals surface area contributed by atoms with Gasteiger partial charge in [-0.1, -0.05) is 13.0 Å². The molecule has 0 bridgehead atoms. The molecule has 0 spiro atoms. The maximum absolute atomic E-state index is 5.10. The zero-order valence-corrected chi connectivity index (χ0v) is 8.21. The normalized spacial score (nSPS) is 20.9. The van der Waals surface area contributed by atoms with Gasteiger partial charge in [0.1, 0.15) is 0 Å². The number of nitrogens with zero attached hydrogens (tertiary/aromatic N) is 1. The largest absolute Gasteiger partial charge is 0.481 e. The average Bonchev–Trinajstić information content (AvgIpc) is 2.18. The van der Waals surface area contributed by atoms with Crippen LogP contribution in [0.4, 0.5) is 0 Å². The third-order valence-corrected chi connectivity index (χ3v) is 2.77. The van der Waals surface area contributed by atoms with E-state index >= 15 is 0 Å². The highest BCUT2D eigenvalue weighted by Gasteiger charge is 2.17. The fourth-order valence-corrected chi connectivity index (χ4v) is 1.99. The molecule has 0 radical (unpaired) electrons. The van der Waals surface area contributed by atoms with Gasteiger partial charge in [-0.05, 0) is 30.7 Å². The van der Waals surface area contributed by atoms with Crippen LogP contribution in [-0.4, -0.2) is 12.1 Å². The van der Waals surface area contributed by atoms with E-state index in [2.05, 4.69) is 18.0 Å². The first-order valence-corrected chi connectivity index (χ1v) is 4.85. The highest BCUT2D eigenvalue weighted by atomic mass is 16.5. The Balaban J connectivity index is 2.39. The minimum Gasteiger partial charge on any atom is -0.481 e. The summed E-state index contributed by atoms with van der Waals surface area (Å²) in [6, 6.07) is 4.12. The topological polar surface area (TPSA) is 22.1 Å². The fraction of sp³-hybridized carbons (Fsp3) is 0.545. The minimum absolute atomic E-state index is 0.669. The molecule has 0 N–H and O–H groups in total. The number of pyridine rings is 1. The molecule has 1 aliphatic carbocycles. The second-order valence-corrected chi connectivity index (χ2v) is 3.68. The predicted molar refractivity (Wildman–Crippen MR) is 52.1 cm³/mol. The molecule has 1 heterocycles. The van der Waals surface area contributed by atoms with Crippen LogP contribution in [0.2, 0.25) is 0 Å². The summed E-state index contributed by atoms with van der Waals surface area (Å²) in [6.45, 7) is 2.27. The van der Waals surface area contributed by atoms with Gasteiger partial charge in [0, 0.05) is 11.8 Å². The summed E-state index contributed by atoms with van der Waals surface area (Å²) in [5.74, 6) is 1.41. The number of rotatable bonds is 1. The molecule has 0 fully saturated rings. The van der Waals surface area contributed by atoms with Crippen LogP contribution in [0.15, 0.2) is 12.1 Å². The number of aromatic nitrogens is 1. The molecular weight excluding hydrogens is 162 g/mol. The van der Waals surface area contributed by atoms with Crippen molar-refractivity contribution >= 4 is 0 Å². The van der Waals surface area contributed by atoms with E-state index in [1.54, 1.807) is 7.11 Å². The van der Waals surface area contributed by atoms with Crippen LogP contribution in [0.5, 0.6) is 5.88 Å². The summed E-state index contributed by atoms with van der Waals surface area (Å²) in [5.41, 5.74) is 2.64. The molecule has 0 unspecified atom stereocenters. The highest BCUT2D eigenvalue weighted by molar-refractivity contribution is 5.30. The van der Waals surface area contributed by atoms with Gasteiger partial charge in [-0.15, -0.1) is 0 Å². The van der Waals surface area contributed by atoms with Gasteiger partial charge >= 0.3 is 0 Å². The van der Waals surface area contributed by atoms with E-state index < -0.39 is 0 Å². The van der Waals surface area contributed by atoms with Crippen molar-refractivity contribution in [2.24, 2.45) is 0 Å². The summed E-state index contributed by atoms with van der Waals surface area (Å²) in [6.07, 6.45) is 3.66. The van der Waals surface area contributed by atoms with Crippen molar-refractivity contribution in [3.05, 3.63) is 23.4 Å².